The zero-order valence-electron chi connectivity index (χ0n) is 10.6. The van der Waals surface area contributed by atoms with E-state index in [-0.39, 0.29) is 18.1 Å². The Morgan fingerprint density at radius 2 is 2.00 bits per heavy atom. The fraction of sp³-hybridized carbons (Fsp3) is 0.500. The maximum absolute atomic E-state index is 12.1. The average molecular weight is 248 g/mol. The van der Waals surface area contributed by atoms with E-state index in [0.29, 0.717) is 11.3 Å². The number of anilines is 1. The normalized spacial score (nSPS) is 23.7. The Balaban J connectivity index is 2.01. The van der Waals surface area contributed by atoms with E-state index in [1.165, 1.54) is 0 Å². The van der Waals surface area contributed by atoms with Gasteiger partial charge >= 0.3 is 0 Å². The molecule has 1 amide bonds. The molecule has 4 N–H and O–H groups in total. The minimum Gasteiger partial charge on any atom is -0.398 e. The molecule has 0 saturated heterocycles. The van der Waals surface area contributed by atoms with Crippen LogP contribution in [-0.2, 0) is 0 Å². The van der Waals surface area contributed by atoms with Gasteiger partial charge in [0.25, 0.3) is 5.91 Å². The first-order valence-electron chi connectivity index (χ1n) is 6.42. The molecular formula is C14H20N2O2. The second kappa shape index (κ2) is 5.40. The van der Waals surface area contributed by atoms with Crippen LogP contribution in [0.4, 0.5) is 5.69 Å². The van der Waals surface area contributed by atoms with Crippen molar-refractivity contribution in [3.8, 4) is 0 Å². The lowest BCUT2D eigenvalue weighted by Gasteiger charge is -2.26. The van der Waals surface area contributed by atoms with Crippen LogP contribution in [0.15, 0.2) is 18.2 Å². The topological polar surface area (TPSA) is 75.3 Å². The first-order chi connectivity index (χ1) is 8.58. The Kier molecular flexibility index (Phi) is 3.87. The third kappa shape index (κ3) is 2.82. The molecule has 1 saturated carbocycles. The maximum Gasteiger partial charge on any atom is 0.253 e. The van der Waals surface area contributed by atoms with Crippen molar-refractivity contribution in [2.24, 2.45) is 0 Å². The van der Waals surface area contributed by atoms with Crippen LogP contribution in [0, 0.1) is 6.92 Å². The molecule has 0 radical (unpaired) electrons. The van der Waals surface area contributed by atoms with Crippen LogP contribution >= 0.6 is 0 Å². The molecule has 4 nitrogen and oxygen atoms in total. The summed E-state index contributed by atoms with van der Waals surface area (Å²) in [5.41, 5.74) is 7.92. The second-order valence-corrected chi connectivity index (χ2v) is 5.02. The lowest BCUT2D eigenvalue weighted by Crippen LogP contribution is -2.38. The SMILES string of the molecule is Cc1cccc(C(=O)NC2CCC(O)CC2)c1N. The van der Waals surface area contributed by atoms with E-state index in [1.54, 1.807) is 6.07 Å². The molecule has 0 atom stereocenters. The highest BCUT2D eigenvalue weighted by molar-refractivity contribution is 5.99. The third-order valence-corrected chi connectivity index (χ3v) is 3.60. The lowest BCUT2D eigenvalue weighted by molar-refractivity contribution is 0.0868. The number of carbonyl (C=O) groups excluding carboxylic acids is 1. The number of nitrogens with two attached hydrogens (primary N) is 1. The van der Waals surface area contributed by atoms with E-state index in [4.69, 9.17) is 5.73 Å². The molecule has 1 aliphatic rings. The number of nitrogens with one attached hydrogen (secondary N) is 1. The van der Waals surface area contributed by atoms with Crippen molar-refractivity contribution in [1.82, 2.24) is 5.32 Å². The van der Waals surface area contributed by atoms with Crippen LogP contribution in [0.2, 0.25) is 0 Å². The zero-order chi connectivity index (χ0) is 13.1. The monoisotopic (exact) mass is 248 g/mol. The molecule has 98 valence electrons. The molecule has 0 unspecified atom stereocenters. The fourth-order valence-corrected chi connectivity index (χ4v) is 2.36. The number of benzene rings is 1. The number of para-hydroxylation sites is 1. The van der Waals surface area contributed by atoms with E-state index in [9.17, 15) is 9.90 Å². The number of hydrogen-bond donors (Lipinski definition) is 3. The van der Waals surface area contributed by atoms with Crippen LogP contribution in [0.1, 0.15) is 41.6 Å². The number of carbonyl (C=O) groups is 1. The van der Waals surface area contributed by atoms with Crippen molar-refractivity contribution in [2.75, 3.05) is 5.73 Å². The summed E-state index contributed by atoms with van der Waals surface area (Å²) in [6.07, 6.45) is 2.97. The number of aliphatic hydroxyl groups is 1. The molecule has 1 fully saturated rings. The Bertz CT molecular complexity index is 437. The molecule has 4 heteroatoms. The van der Waals surface area contributed by atoms with Crippen molar-refractivity contribution >= 4 is 11.6 Å². The highest BCUT2D eigenvalue weighted by atomic mass is 16.3. The second-order valence-electron chi connectivity index (χ2n) is 5.02. The summed E-state index contributed by atoms with van der Waals surface area (Å²) in [6.45, 7) is 1.89. The summed E-state index contributed by atoms with van der Waals surface area (Å²) in [6, 6.07) is 5.63. The van der Waals surface area contributed by atoms with Gasteiger partial charge in [0.05, 0.1) is 11.7 Å². The summed E-state index contributed by atoms with van der Waals surface area (Å²) >= 11 is 0. The molecule has 1 aromatic carbocycles. The van der Waals surface area contributed by atoms with E-state index >= 15 is 0 Å². The van der Waals surface area contributed by atoms with Gasteiger partial charge in [0.2, 0.25) is 0 Å². The van der Waals surface area contributed by atoms with Gasteiger partial charge in [-0.05, 0) is 44.2 Å². The minimum atomic E-state index is -0.206. The quantitative estimate of drug-likeness (QED) is 0.696. The number of hydrogen-bond acceptors (Lipinski definition) is 3. The highest BCUT2D eigenvalue weighted by Crippen LogP contribution is 2.20. The first-order valence-corrected chi connectivity index (χ1v) is 6.42. The molecule has 2 rings (SSSR count). The van der Waals surface area contributed by atoms with Crippen LogP contribution in [-0.4, -0.2) is 23.2 Å². The van der Waals surface area contributed by atoms with Gasteiger partial charge in [-0.25, -0.2) is 0 Å². The summed E-state index contributed by atoms with van der Waals surface area (Å²) in [5.74, 6) is -0.113. The maximum atomic E-state index is 12.1. The molecule has 1 aliphatic carbocycles. The summed E-state index contributed by atoms with van der Waals surface area (Å²) in [7, 11) is 0. The van der Waals surface area contributed by atoms with E-state index < -0.39 is 0 Å². The predicted molar refractivity (Wildman–Crippen MR) is 71.3 cm³/mol. The Labute approximate surface area is 107 Å². The zero-order valence-corrected chi connectivity index (χ0v) is 10.6. The molecule has 1 aromatic rings. The molecule has 0 aliphatic heterocycles. The van der Waals surface area contributed by atoms with Crippen LogP contribution in [0.25, 0.3) is 0 Å². The fourth-order valence-electron chi connectivity index (χ4n) is 2.36. The van der Waals surface area contributed by atoms with Gasteiger partial charge in [-0.15, -0.1) is 0 Å². The molecular weight excluding hydrogens is 228 g/mol. The molecule has 0 bridgehead atoms. The van der Waals surface area contributed by atoms with Crippen LogP contribution in [0.5, 0.6) is 0 Å². The summed E-state index contributed by atoms with van der Waals surface area (Å²) in [5, 5.41) is 12.4. The summed E-state index contributed by atoms with van der Waals surface area (Å²) < 4.78 is 0. The Morgan fingerprint density at radius 3 is 2.67 bits per heavy atom. The van der Waals surface area contributed by atoms with Crippen molar-refractivity contribution in [3.63, 3.8) is 0 Å². The highest BCUT2D eigenvalue weighted by Gasteiger charge is 2.22. The van der Waals surface area contributed by atoms with Gasteiger partial charge < -0.3 is 16.2 Å². The van der Waals surface area contributed by atoms with Gasteiger partial charge in [0.15, 0.2) is 0 Å². The van der Waals surface area contributed by atoms with Crippen molar-refractivity contribution < 1.29 is 9.90 Å². The molecule has 0 spiro atoms. The first kappa shape index (κ1) is 12.9. The number of aliphatic hydroxyl groups excluding tert-OH is 1. The number of rotatable bonds is 2. The van der Waals surface area contributed by atoms with Crippen molar-refractivity contribution in [1.29, 1.82) is 0 Å². The smallest absolute Gasteiger partial charge is 0.253 e. The van der Waals surface area contributed by atoms with E-state index in [1.807, 2.05) is 19.1 Å². The Morgan fingerprint density at radius 1 is 1.33 bits per heavy atom. The number of aryl methyl sites for hydroxylation is 1. The molecule has 0 heterocycles. The van der Waals surface area contributed by atoms with Gasteiger partial charge in [-0.3, -0.25) is 4.79 Å². The molecule has 18 heavy (non-hydrogen) atoms. The Hall–Kier alpha value is -1.55. The van der Waals surface area contributed by atoms with E-state index in [2.05, 4.69) is 5.32 Å². The van der Waals surface area contributed by atoms with Gasteiger partial charge in [0, 0.05) is 11.7 Å². The van der Waals surface area contributed by atoms with Crippen molar-refractivity contribution in [2.45, 2.75) is 44.8 Å². The number of amides is 1. The van der Waals surface area contributed by atoms with Crippen molar-refractivity contribution in [3.05, 3.63) is 29.3 Å². The number of nitrogen functional groups attached to an aromatic ring is 1. The standard InChI is InChI=1S/C14H20N2O2/c1-9-3-2-4-12(13(9)15)14(18)16-10-5-7-11(17)8-6-10/h2-4,10-11,17H,5-8,15H2,1H3,(H,16,18). The largest absolute Gasteiger partial charge is 0.398 e. The van der Waals surface area contributed by atoms with Crippen LogP contribution < -0.4 is 11.1 Å². The lowest BCUT2D eigenvalue weighted by atomic mass is 9.93. The predicted octanol–water partition coefficient (Wildman–Crippen LogP) is 1.61. The van der Waals surface area contributed by atoms with Gasteiger partial charge in [-0.2, -0.15) is 0 Å². The van der Waals surface area contributed by atoms with Gasteiger partial charge in [-0.1, -0.05) is 12.1 Å². The summed E-state index contributed by atoms with van der Waals surface area (Å²) in [4.78, 5) is 12.1. The van der Waals surface area contributed by atoms with E-state index in [0.717, 1.165) is 31.2 Å². The third-order valence-electron chi connectivity index (χ3n) is 3.60. The van der Waals surface area contributed by atoms with Crippen LogP contribution in [0.3, 0.4) is 0 Å². The van der Waals surface area contributed by atoms with Gasteiger partial charge in [0.1, 0.15) is 0 Å². The minimum absolute atomic E-state index is 0.113. The average Bonchev–Trinajstić information content (AvgIpc) is 2.35. The molecule has 0 aromatic heterocycles.